The normalized spacial score (nSPS) is 10.9. The molecule has 2 rings (SSSR count). The molecule has 20 heavy (non-hydrogen) atoms. The fourth-order valence-corrected chi connectivity index (χ4v) is 2.10. The fourth-order valence-electron chi connectivity index (χ4n) is 1.97. The van der Waals surface area contributed by atoms with Gasteiger partial charge in [-0.05, 0) is 36.4 Å². The van der Waals surface area contributed by atoms with Crippen LogP contribution in [-0.2, 0) is 6.54 Å². The van der Waals surface area contributed by atoms with Crippen LogP contribution in [0.15, 0.2) is 40.8 Å². The summed E-state index contributed by atoms with van der Waals surface area (Å²) >= 11 is 5.87. The molecule has 4 nitrogen and oxygen atoms in total. The summed E-state index contributed by atoms with van der Waals surface area (Å²) in [6.07, 6.45) is 0. The lowest BCUT2D eigenvalue weighted by atomic mass is 10.2. The Bertz CT molecular complexity index is 511. The topological polar surface area (TPSA) is 66.6 Å². The SMILES string of the molecule is OCC[NH2+]CC[NH2+]Cc1ccc(-c2ccc(Cl)cc2)o1. The monoisotopic (exact) mass is 296 g/mol. The van der Waals surface area contributed by atoms with Crippen molar-refractivity contribution in [3.63, 3.8) is 0 Å². The van der Waals surface area contributed by atoms with Crippen molar-refractivity contribution in [1.82, 2.24) is 0 Å². The van der Waals surface area contributed by atoms with Gasteiger partial charge in [-0.3, -0.25) is 0 Å². The van der Waals surface area contributed by atoms with Crippen LogP contribution in [0.5, 0.6) is 0 Å². The third-order valence-corrected chi connectivity index (χ3v) is 3.30. The van der Waals surface area contributed by atoms with E-state index in [1.165, 1.54) is 0 Å². The number of hydrogen-bond acceptors (Lipinski definition) is 2. The fraction of sp³-hybridized carbons (Fsp3) is 0.333. The second-order valence-corrected chi connectivity index (χ2v) is 5.08. The van der Waals surface area contributed by atoms with Crippen molar-refractivity contribution >= 4 is 11.6 Å². The van der Waals surface area contributed by atoms with Crippen molar-refractivity contribution in [2.45, 2.75) is 6.54 Å². The van der Waals surface area contributed by atoms with E-state index in [0.29, 0.717) is 0 Å². The van der Waals surface area contributed by atoms with E-state index in [1.54, 1.807) is 0 Å². The molecule has 0 radical (unpaired) electrons. The van der Waals surface area contributed by atoms with Crippen LogP contribution in [0, 0.1) is 0 Å². The van der Waals surface area contributed by atoms with E-state index in [-0.39, 0.29) is 6.61 Å². The number of nitrogens with two attached hydrogens (primary N) is 2. The van der Waals surface area contributed by atoms with Gasteiger partial charge in [0, 0.05) is 10.6 Å². The molecule has 0 fully saturated rings. The van der Waals surface area contributed by atoms with Gasteiger partial charge < -0.3 is 20.2 Å². The van der Waals surface area contributed by atoms with Gasteiger partial charge in [0.1, 0.15) is 25.4 Å². The molecule has 0 amide bonds. The van der Waals surface area contributed by atoms with Crippen LogP contribution in [0.3, 0.4) is 0 Å². The summed E-state index contributed by atoms with van der Waals surface area (Å²) in [6.45, 7) is 3.86. The Morgan fingerprint density at radius 1 is 0.950 bits per heavy atom. The van der Waals surface area contributed by atoms with Crippen LogP contribution < -0.4 is 10.6 Å². The van der Waals surface area contributed by atoms with Gasteiger partial charge in [0.25, 0.3) is 0 Å². The number of furan rings is 1. The number of halogens is 1. The molecule has 1 aromatic heterocycles. The van der Waals surface area contributed by atoms with Gasteiger partial charge in [0.05, 0.1) is 13.2 Å². The summed E-state index contributed by atoms with van der Waals surface area (Å²) in [7, 11) is 0. The lowest BCUT2D eigenvalue weighted by Gasteiger charge is -2.00. The zero-order chi connectivity index (χ0) is 14.2. The zero-order valence-corrected chi connectivity index (χ0v) is 12.1. The summed E-state index contributed by atoms with van der Waals surface area (Å²) in [5, 5.41) is 13.7. The highest BCUT2D eigenvalue weighted by molar-refractivity contribution is 6.30. The van der Waals surface area contributed by atoms with Gasteiger partial charge in [-0.1, -0.05) is 11.6 Å². The highest BCUT2D eigenvalue weighted by Crippen LogP contribution is 2.23. The van der Waals surface area contributed by atoms with E-state index in [0.717, 1.165) is 48.3 Å². The van der Waals surface area contributed by atoms with Gasteiger partial charge in [-0.15, -0.1) is 0 Å². The van der Waals surface area contributed by atoms with Gasteiger partial charge in [0.15, 0.2) is 5.76 Å². The van der Waals surface area contributed by atoms with Crippen molar-refractivity contribution in [2.24, 2.45) is 0 Å². The first-order valence-electron chi connectivity index (χ1n) is 6.88. The van der Waals surface area contributed by atoms with Gasteiger partial charge in [-0.25, -0.2) is 0 Å². The zero-order valence-electron chi connectivity index (χ0n) is 11.4. The molecule has 1 heterocycles. The summed E-state index contributed by atoms with van der Waals surface area (Å²) in [6, 6.07) is 11.6. The Morgan fingerprint density at radius 3 is 2.45 bits per heavy atom. The molecule has 5 N–H and O–H groups in total. The largest absolute Gasteiger partial charge is 0.455 e. The average molecular weight is 297 g/mol. The van der Waals surface area contributed by atoms with E-state index >= 15 is 0 Å². The van der Waals surface area contributed by atoms with Crippen molar-refractivity contribution < 1.29 is 20.2 Å². The third kappa shape index (κ3) is 4.65. The van der Waals surface area contributed by atoms with E-state index in [4.69, 9.17) is 21.1 Å². The molecule has 0 spiro atoms. The van der Waals surface area contributed by atoms with E-state index < -0.39 is 0 Å². The van der Waals surface area contributed by atoms with Crippen LogP contribution in [0.1, 0.15) is 5.76 Å². The first-order valence-corrected chi connectivity index (χ1v) is 7.26. The Labute approximate surface area is 123 Å². The standard InChI is InChI=1S/C15H19ClN2O2/c16-13-3-1-12(2-4-13)15-6-5-14(20-15)11-18-8-7-17-9-10-19/h1-6,17-19H,7-11H2/p+2. The Balaban J connectivity index is 1.79. The first kappa shape index (κ1) is 15.1. The predicted octanol–water partition coefficient (Wildman–Crippen LogP) is 0.219. The lowest BCUT2D eigenvalue weighted by molar-refractivity contribution is -0.732. The number of quaternary nitrogens is 2. The molecule has 0 saturated heterocycles. The minimum Gasteiger partial charge on any atom is -0.455 e. The quantitative estimate of drug-likeness (QED) is 0.610. The predicted molar refractivity (Wildman–Crippen MR) is 78.4 cm³/mol. The maximum absolute atomic E-state index is 8.66. The van der Waals surface area contributed by atoms with Crippen molar-refractivity contribution in [3.05, 3.63) is 47.2 Å². The Hall–Kier alpha value is -1.33. The highest BCUT2D eigenvalue weighted by atomic mass is 35.5. The van der Waals surface area contributed by atoms with Crippen LogP contribution in [-0.4, -0.2) is 31.3 Å². The van der Waals surface area contributed by atoms with Crippen molar-refractivity contribution in [3.8, 4) is 11.3 Å². The number of hydrogen-bond donors (Lipinski definition) is 3. The molecule has 1 aromatic carbocycles. The molecule has 0 unspecified atom stereocenters. The average Bonchev–Trinajstić information content (AvgIpc) is 2.92. The first-order chi connectivity index (χ1) is 9.79. The number of rotatable bonds is 8. The van der Waals surface area contributed by atoms with E-state index in [9.17, 15) is 0 Å². The molecule has 108 valence electrons. The molecule has 0 aliphatic heterocycles. The Morgan fingerprint density at radius 2 is 1.70 bits per heavy atom. The maximum atomic E-state index is 8.66. The molecule has 0 atom stereocenters. The van der Waals surface area contributed by atoms with Gasteiger partial charge in [-0.2, -0.15) is 0 Å². The molecule has 0 saturated carbocycles. The van der Waals surface area contributed by atoms with Crippen LogP contribution in [0.4, 0.5) is 0 Å². The van der Waals surface area contributed by atoms with Crippen LogP contribution in [0.2, 0.25) is 5.02 Å². The second kappa shape index (κ2) is 8.07. The van der Waals surface area contributed by atoms with Crippen molar-refractivity contribution in [2.75, 3.05) is 26.2 Å². The second-order valence-electron chi connectivity index (χ2n) is 4.64. The van der Waals surface area contributed by atoms with Gasteiger partial charge >= 0.3 is 0 Å². The minimum absolute atomic E-state index is 0.239. The molecule has 0 bridgehead atoms. The molecule has 5 heteroatoms. The number of aliphatic hydroxyl groups excluding tert-OH is 1. The minimum atomic E-state index is 0.239. The number of aliphatic hydroxyl groups is 1. The molecular weight excluding hydrogens is 276 g/mol. The summed E-state index contributed by atoms with van der Waals surface area (Å²) in [4.78, 5) is 0. The Kier molecular flexibility index (Phi) is 6.08. The van der Waals surface area contributed by atoms with Crippen molar-refractivity contribution in [1.29, 1.82) is 0 Å². The summed E-state index contributed by atoms with van der Waals surface area (Å²) in [5.41, 5.74) is 1.04. The molecule has 0 aliphatic carbocycles. The van der Waals surface area contributed by atoms with E-state index in [2.05, 4.69) is 10.6 Å². The molecule has 2 aromatic rings. The smallest absolute Gasteiger partial charge is 0.158 e. The number of benzene rings is 1. The van der Waals surface area contributed by atoms with Crippen LogP contribution in [0.25, 0.3) is 11.3 Å². The van der Waals surface area contributed by atoms with Crippen LogP contribution >= 0.6 is 11.6 Å². The molecular formula is C15H21ClN2O2+2. The lowest BCUT2D eigenvalue weighted by Crippen LogP contribution is -2.94. The van der Waals surface area contributed by atoms with E-state index in [1.807, 2.05) is 36.4 Å². The summed E-state index contributed by atoms with van der Waals surface area (Å²) < 4.78 is 5.81. The summed E-state index contributed by atoms with van der Waals surface area (Å²) in [5.74, 6) is 1.84. The third-order valence-electron chi connectivity index (χ3n) is 3.04. The molecule has 0 aliphatic rings. The maximum Gasteiger partial charge on any atom is 0.158 e. The van der Waals surface area contributed by atoms with Gasteiger partial charge in [0.2, 0.25) is 0 Å². The highest BCUT2D eigenvalue weighted by Gasteiger charge is 2.06.